The number of ether oxygens (including phenoxy) is 1. The summed E-state index contributed by atoms with van der Waals surface area (Å²) < 4.78 is 6.55. The van der Waals surface area contributed by atoms with Crippen molar-refractivity contribution in [2.75, 3.05) is 19.8 Å². The van der Waals surface area contributed by atoms with Crippen LogP contribution in [0.5, 0.6) is 0 Å². The lowest BCUT2D eigenvalue weighted by molar-refractivity contribution is -0.0154. The second kappa shape index (κ2) is 7.13. The molecule has 1 aromatic carbocycles. The number of imidazole rings is 1. The van der Waals surface area contributed by atoms with Crippen molar-refractivity contribution in [1.29, 1.82) is 0 Å². The van der Waals surface area contributed by atoms with E-state index in [0.29, 0.717) is 6.61 Å². The molecule has 5 rings (SSSR count). The van der Waals surface area contributed by atoms with Gasteiger partial charge in [0, 0.05) is 30.2 Å². The van der Waals surface area contributed by atoms with Crippen molar-refractivity contribution in [2.45, 2.75) is 12.6 Å². The van der Waals surface area contributed by atoms with E-state index in [1.54, 1.807) is 11.3 Å². The lowest BCUT2D eigenvalue weighted by Gasteiger charge is -2.34. The molecule has 0 amide bonds. The number of nitrogens with zero attached hydrogens (tertiary/aromatic N) is 2. The predicted molar refractivity (Wildman–Crippen MR) is 109 cm³/mol. The largest absolute Gasteiger partial charge is 0.378 e. The van der Waals surface area contributed by atoms with E-state index in [4.69, 9.17) is 16.3 Å². The zero-order valence-electron chi connectivity index (χ0n) is 14.6. The molecule has 138 valence electrons. The van der Waals surface area contributed by atoms with Crippen LogP contribution in [0.3, 0.4) is 0 Å². The van der Waals surface area contributed by atoms with E-state index < -0.39 is 0 Å². The van der Waals surface area contributed by atoms with Gasteiger partial charge in [-0.1, -0.05) is 29.8 Å². The Balaban J connectivity index is 1.41. The monoisotopic (exact) mass is 398 g/mol. The zero-order valence-corrected chi connectivity index (χ0v) is 16.2. The number of H-pyrrole nitrogens is 2. The molecule has 3 aromatic heterocycles. The number of aromatic amines is 2. The van der Waals surface area contributed by atoms with E-state index >= 15 is 0 Å². The minimum Gasteiger partial charge on any atom is -0.378 e. The van der Waals surface area contributed by atoms with Crippen LogP contribution in [-0.4, -0.2) is 39.6 Å². The van der Waals surface area contributed by atoms with E-state index in [1.165, 1.54) is 16.5 Å². The van der Waals surface area contributed by atoms with Gasteiger partial charge in [0.15, 0.2) is 0 Å². The van der Waals surface area contributed by atoms with Crippen LogP contribution in [0.15, 0.2) is 48.8 Å². The standard InChI is InChI=1S/C20H19ClN4OS/c21-19-6-5-18(27-19)16-10-23-20(24-16)17-12-26-8-7-25(17)11-13-9-22-15-4-2-1-3-14(13)15/h1-6,9-10,17,22H,7-8,11-12H2,(H,23,24). The number of morpholine rings is 1. The molecule has 4 aromatic rings. The van der Waals surface area contributed by atoms with Gasteiger partial charge >= 0.3 is 0 Å². The highest BCUT2D eigenvalue weighted by Gasteiger charge is 2.28. The number of hydrogen-bond donors (Lipinski definition) is 2. The highest BCUT2D eigenvalue weighted by atomic mass is 35.5. The summed E-state index contributed by atoms with van der Waals surface area (Å²) in [4.78, 5) is 15.0. The fraction of sp³-hybridized carbons (Fsp3) is 0.250. The molecule has 1 unspecified atom stereocenters. The Morgan fingerprint density at radius 2 is 2.19 bits per heavy atom. The van der Waals surface area contributed by atoms with Gasteiger partial charge in [0.1, 0.15) is 5.82 Å². The molecule has 1 fully saturated rings. The van der Waals surface area contributed by atoms with Gasteiger partial charge in [-0.2, -0.15) is 0 Å². The van der Waals surface area contributed by atoms with Crippen molar-refractivity contribution in [1.82, 2.24) is 19.9 Å². The first kappa shape index (κ1) is 17.0. The van der Waals surface area contributed by atoms with Gasteiger partial charge in [-0.05, 0) is 23.8 Å². The van der Waals surface area contributed by atoms with E-state index in [0.717, 1.165) is 40.4 Å². The minimum atomic E-state index is 0.108. The molecule has 0 radical (unpaired) electrons. The summed E-state index contributed by atoms with van der Waals surface area (Å²) in [5, 5.41) is 1.27. The van der Waals surface area contributed by atoms with Crippen LogP contribution in [0.1, 0.15) is 17.4 Å². The van der Waals surface area contributed by atoms with Gasteiger partial charge < -0.3 is 14.7 Å². The topological polar surface area (TPSA) is 56.9 Å². The Bertz CT molecular complexity index is 1070. The number of rotatable bonds is 4. The van der Waals surface area contributed by atoms with Crippen LogP contribution in [-0.2, 0) is 11.3 Å². The van der Waals surface area contributed by atoms with E-state index in [-0.39, 0.29) is 6.04 Å². The Morgan fingerprint density at radius 1 is 1.26 bits per heavy atom. The maximum absolute atomic E-state index is 6.07. The third-order valence-corrected chi connectivity index (χ3v) is 6.30. The van der Waals surface area contributed by atoms with Crippen LogP contribution in [0.25, 0.3) is 21.5 Å². The van der Waals surface area contributed by atoms with Crippen LogP contribution >= 0.6 is 22.9 Å². The smallest absolute Gasteiger partial charge is 0.126 e. The Labute approximate surface area is 166 Å². The van der Waals surface area contributed by atoms with Gasteiger partial charge in [0.25, 0.3) is 0 Å². The highest BCUT2D eigenvalue weighted by Crippen LogP contribution is 2.32. The van der Waals surface area contributed by atoms with Gasteiger partial charge in [-0.25, -0.2) is 4.98 Å². The molecule has 2 N–H and O–H groups in total. The summed E-state index contributed by atoms with van der Waals surface area (Å²) in [6.07, 6.45) is 3.99. The van der Waals surface area contributed by atoms with Crippen LogP contribution in [0.4, 0.5) is 0 Å². The zero-order chi connectivity index (χ0) is 18.2. The molecule has 27 heavy (non-hydrogen) atoms. The molecule has 4 heterocycles. The third-order valence-electron chi connectivity index (χ3n) is 5.04. The molecule has 0 saturated carbocycles. The van der Waals surface area contributed by atoms with Crippen molar-refractivity contribution >= 4 is 33.8 Å². The van der Waals surface area contributed by atoms with Gasteiger partial charge in [-0.3, -0.25) is 4.90 Å². The maximum atomic E-state index is 6.07. The molecule has 0 bridgehead atoms. The van der Waals surface area contributed by atoms with Gasteiger partial charge in [0.2, 0.25) is 0 Å². The van der Waals surface area contributed by atoms with Gasteiger partial charge in [-0.15, -0.1) is 11.3 Å². The molecule has 1 aliphatic heterocycles. The number of nitrogens with one attached hydrogen (secondary N) is 2. The lowest BCUT2D eigenvalue weighted by Crippen LogP contribution is -2.39. The summed E-state index contributed by atoms with van der Waals surface area (Å²) in [6, 6.07) is 12.5. The molecular weight excluding hydrogens is 380 g/mol. The van der Waals surface area contributed by atoms with Crippen LogP contribution in [0.2, 0.25) is 4.34 Å². The van der Waals surface area contributed by atoms with Crippen molar-refractivity contribution in [3.05, 3.63) is 64.5 Å². The second-order valence-electron chi connectivity index (χ2n) is 6.71. The number of aromatic nitrogens is 3. The van der Waals surface area contributed by atoms with Crippen molar-refractivity contribution in [2.24, 2.45) is 0 Å². The first-order valence-corrected chi connectivity index (χ1v) is 10.1. The van der Waals surface area contributed by atoms with Crippen LogP contribution in [0, 0.1) is 0 Å². The van der Waals surface area contributed by atoms with Crippen molar-refractivity contribution in [3.63, 3.8) is 0 Å². The quantitative estimate of drug-likeness (QED) is 0.516. The number of benzene rings is 1. The predicted octanol–water partition coefficient (Wildman–Crippen LogP) is 4.85. The van der Waals surface area contributed by atoms with Crippen molar-refractivity contribution in [3.8, 4) is 10.6 Å². The molecule has 0 spiro atoms. The number of hydrogen-bond acceptors (Lipinski definition) is 4. The SMILES string of the molecule is Clc1ccc(-c2cnc(C3COCCN3Cc3c[nH]c4ccccc34)[nH]2)s1. The molecule has 1 saturated heterocycles. The van der Waals surface area contributed by atoms with E-state index in [9.17, 15) is 0 Å². The molecule has 1 atom stereocenters. The molecule has 7 heteroatoms. The maximum Gasteiger partial charge on any atom is 0.126 e. The molecule has 5 nitrogen and oxygen atoms in total. The van der Waals surface area contributed by atoms with E-state index in [2.05, 4.69) is 50.3 Å². The number of para-hydroxylation sites is 1. The normalized spacial score (nSPS) is 18.3. The summed E-state index contributed by atoms with van der Waals surface area (Å²) in [7, 11) is 0. The molecule has 1 aliphatic rings. The summed E-state index contributed by atoms with van der Waals surface area (Å²) in [5.74, 6) is 0.939. The average molecular weight is 399 g/mol. The third kappa shape index (κ3) is 3.30. The first-order chi connectivity index (χ1) is 13.3. The van der Waals surface area contributed by atoms with E-state index in [1.807, 2.05) is 18.3 Å². The molecular formula is C20H19ClN4OS. The fourth-order valence-electron chi connectivity index (χ4n) is 3.65. The second-order valence-corrected chi connectivity index (χ2v) is 8.42. The summed E-state index contributed by atoms with van der Waals surface area (Å²) >= 11 is 7.62. The average Bonchev–Trinajstić information content (AvgIpc) is 3.42. The Kier molecular flexibility index (Phi) is 4.49. The van der Waals surface area contributed by atoms with Crippen LogP contribution < -0.4 is 0 Å². The Morgan fingerprint density at radius 3 is 3.07 bits per heavy atom. The summed E-state index contributed by atoms with van der Waals surface area (Å²) in [6.45, 7) is 3.12. The molecule has 0 aliphatic carbocycles. The Hall–Kier alpha value is -2.12. The minimum absolute atomic E-state index is 0.108. The number of halogens is 1. The first-order valence-electron chi connectivity index (χ1n) is 8.95. The highest BCUT2D eigenvalue weighted by molar-refractivity contribution is 7.19. The number of thiophene rings is 1. The number of fused-ring (bicyclic) bond motifs is 1. The van der Waals surface area contributed by atoms with Gasteiger partial charge in [0.05, 0.1) is 40.4 Å². The fourth-order valence-corrected chi connectivity index (χ4v) is 4.66. The lowest BCUT2D eigenvalue weighted by atomic mass is 10.1. The summed E-state index contributed by atoms with van der Waals surface area (Å²) in [5.41, 5.74) is 3.47. The van der Waals surface area contributed by atoms with Crippen molar-refractivity contribution < 1.29 is 4.74 Å².